The molecule has 0 aromatic heterocycles. The lowest BCUT2D eigenvalue weighted by Crippen LogP contribution is -2.14. The monoisotopic (exact) mass is 535 g/mol. The summed E-state index contributed by atoms with van der Waals surface area (Å²) >= 11 is 21.8. The van der Waals surface area contributed by atoms with Crippen LogP contribution in [0.2, 0.25) is 10.0 Å². The normalized spacial score (nSPS) is 11.5. The molecule has 2 rings (SSSR count). The van der Waals surface area contributed by atoms with Crippen molar-refractivity contribution in [1.29, 1.82) is 0 Å². The second-order valence-corrected chi connectivity index (χ2v) is 9.08. The van der Waals surface area contributed by atoms with Crippen LogP contribution < -0.4 is 4.72 Å². The van der Waals surface area contributed by atoms with Crippen molar-refractivity contribution in [1.82, 2.24) is 0 Å². The molecule has 0 saturated heterocycles. The summed E-state index contributed by atoms with van der Waals surface area (Å²) in [6.07, 6.45) is 0. The van der Waals surface area contributed by atoms with Crippen molar-refractivity contribution in [2.75, 3.05) is 4.72 Å². The van der Waals surface area contributed by atoms with Crippen LogP contribution in [0.15, 0.2) is 48.6 Å². The van der Waals surface area contributed by atoms with E-state index in [2.05, 4.69) is 52.5 Å². The van der Waals surface area contributed by atoms with Crippen LogP contribution in [0.3, 0.4) is 0 Å². The van der Waals surface area contributed by atoms with Crippen molar-refractivity contribution >= 4 is 86.7 Å². The smallest absolute Gasteiger partial charge is 0.263 e. The number of anilines is 1. The van der Waals surface area contributed by atoms with E-state index in [-0.39, 0.29) is 20.6 Å². The molecule has 2 aromatic carbocycles. The highest BCUT2D eigenvalue weighted by Crippen LogP contribution is 2.36. The van der Waals surface area contributed by atoms with Crippen LogP contribution >= 0.6 is 71.0 Å². The number of halogens is 5. The second kappa shape index (κ2) is 6.76. The van der Waals surface area contributed by atoms with Gasteiger partial charge in [-0.3, -0.25) is 4.72 Å². The number of hydrogen-bond donors (Lipinski definition) is 1. The third-order valence-corrected chi connectivity index (χ3v) is 6.30. The van der Waals surface area contributed by atoms with Gasteiger partial charge in [-0.05, 0) is 46.3 Å². The minimum absolute atomic E-state index is 0.0840. The molecule has 3 nitrogen and oxygen atoms in total. The summed E-state index contributed by atoms with van der Waals surface area (Å²) < 4.78 is 29.1. The molecule has 0 atom stereocenters. The van der Waals surface area contributed by atoms with Crippen molar-refractivity contribution < 1.29 is 8.42 Å². The van der Waals surface area contributed by atoms with Gasteiger partial charge in [0.1, 0.15) is 4.90 Å². The highest BCUT2D eigenvalue weighted by atomic mass is 79.9. The molecular formula is C12H6Br3Cl2NO2S. The third-order valence-electron chi connectivity index (χ3n) is 2.43. The number of sulfonamides is 1. The maximum Gasteiger partial charge on any atom is 0.263 e. The van der Waals surface area contributed by atoms with Gasteiger partial charge < -0.3 is 0 Å². The van der Waals surface area contributed by atoms with Crippen molar-refractivity contribution in [3.8, 4) is 0 Å². The Labute approximate surface area is 157 Å². The van der Waals surface area contributed by atoms with Gasteiger partial charge in [0.25, 0.3) is 10.0 Å². The molecule has 0 fully saturated rings. The van der Waals surface area contributed by atoms with E-state index in [4.69, 9.17) is 23.2 Å². The summed E-state index contributed by atoms with van der Waals surface area (Å²) in [5, 5.41) is 0.400. The van der Waals surface area contributed by atoms with E-state index < -0.39 is 10.0 Å². The maximum atomic E-state index is 12.4. The molecule has 1 N–H and O–H groups in total. The molecule has 0 unspecified atom stereocenters. The van der Waals surface area contributed by atoms with Gasteiger partial charge in [0.15, 0.2) is 0 Å². The van der Waals surface area contributed by atoms with E-state index >= 15 is 0 Å². The third kappa shape index (κ3) is 4.14. The van der Waals surface area contributed by atoms with Crippen LogP contribution in [0.25, 0.3) is 0 Å². The molecule has 9 heteroatoms. The first kappa shape index (κ1) is 17.6. The largest absolute Gasteiger partial charge is 0.277 e. The Kier molecular flexibility index (Phi) is 5.66. The molecule has 0 spiro atoms. The molecule has 0 bridgehead atoms. The molecule has 0 radical (unpaired) electrons. The number of hydrogen-bond acceptors (Lipinski definition) is 2. The quantitative estimate of drug-likeness (QED) is 0.515. The fraction of sp³-hybridized carbons (Fsp3) is 0. The summed E-state index contributed by atoms with van der Waals surface area (Å²) in [7, 11) is -3.82. The Bertz CT molecular complexity index is 789. The van der Waals surface area contributed by atoms with Crippen LogP contribution in [-0.2, 0) is 10.0 Å². The van der Waals surface area contributed by atoms with Gasteiger partial charge in [0.05, 0.1) is 15.7 Å². The zero-order chi connectivity index (χ0) is 15.8. The molecule has 0 aliphatic carbocycles. The van der Waals surface area contributed by atoms with Crippen LogP contribution in [-0.4, -0.2) is 8.42 Å². The Morgan fingerprint density at radius 3 is 2.00 bits per heavy atom. The standard InChI is InChI=1S/C12H6Br3Cl2NO2S/c13-6-1-2-11(8(15)3-6)21(19,20)18-12-9(16)4-7(14)5-10(12)17/h1-5,18H. The summed E-state index contributed by atoms with van der Waals surface area (Å²) in [5.41, 5.74) is 0.136. The minimum Gasteiger partial charge on any atom is -0.277 e. The van der Waals surface area contributed by atoms with Gasteiger partial charge in [-0.1, -0.05) is 55.1 Å². The summed E-state index contributed by atoms with van der Waals surface area (Å²) in [6.45, 7) is 0. The first-order chi connectivity index (χ1) is 9.70. The fourth-order valence-corrected chi connectivity index (χ4v) is 5.79. The molecule has 112 valence electrons. The Balaban J connectivity index is 2.47. The average Bonchev–Trinajstić information content (AvgIpc) is 2.33. The average molecular weight is 539 g/mol. The lowest BCUT2D eigenvalue weighted by Gasteiger charge is -2.13. The first-order valence-corrected chi connectivity index (χ1v) is 9.95. The van der Waals surface area contributed by atoms with Crippen LogP contribution in [0.5, 0.6) is 0 Å². The van der Waals surface area contributed by atoms with Gasteiger partial charge in [-0.15, -0.1) is 0 Å². The molecule has 0 saturated carbocycles. The summed E-state index contributed by atoms with van der Waals surface area (Å²) in [4.78, 5) is 0.0840. The number of rotatable bonds is 3. The molecule has 2 aromatic rings. The zero-order valence-corrected chi connectivity index (χ0v) is 17.1. The minimum atomic E-state index is -3.82. The van der Waals surface area contributed by atoms with E-state index in [0.29, 0.717) is 8.95 Å². The van der Waals surface area contributed by atoms with Crippen molar-refractivity contribution in [3.05, 3.63) is 53.8 Å². The van der Waals surface area contributed by atoms with Crippen LogP contribution in [0.4, 0.5) is 5.69 Å². The van der Waals surface area contributed by atoms with Crippen LogP contribution in [0.1, 0.15) is 0 Å². The Morgan fingerprint density at radius 2 is 1.48 bits per heavy atom. The number of nitrogens with one attached hydrogen (secondary N) is 1. The molecule has 0 amide bonds. The summed E-state index contributed by atoms with van der Waals surface area (Å²) in [6, 6.07) is 7.85. The molecule has 0 heterocycles. The topological polar surface area (TPSA) is 46.2 Å². The van der Waals surface area contributed by atoms with Gasteiger partial charge >= 0.3 is 0 Å². The molecular weight excluding hydrogens is 533 g/mol. The van der Waals surface area contributed by atoms with E-state index in [1.54, 1.807) is 24.3 Å². The Morgan fingerprint density at radius 1 is 0.905 bits per heavy atom. The maximum absolute atomic E-state index is 12.4. The second-order valence-electron chi connectivity index (χ2n) is 3.92. The SMILES string of the molecule is O=S(=O)(Nc1c(Cl)cc(Br)cc1Cl)c1ccc(Br)cc1Br. The van der Waals surface area contributed by atoms with E-state index in [1.165, 1.54) is 6.07 Å². The fourth-order valence-electron chi connectivity index (χ4n) is 1.52. The lowest BCUT2D eigenvalue weighted by molar-refractivity contribution is 0.600. The first-order valence-electron chi connectivity index (χ1n) is 5.33. The van der Waals surface area contributed by atoms with Crippen molar-refractivity contribution in [3.63, 3.8) is 0 Å². The van der Waals surface area contributed by atoms with Gasteiger partial charge in [0, 0.05) is 13.4 Å². The Hall–Kier alpha value is 0.210. The van der Waals surface area contributed by atoms with Crippen LogP contribution in [0, 0.1) is 0 Å². The molecule has 21 heavy (non-hydrogen) atoms. The van der Waals surface area contributed by atoms with Gasteiger partial charge in [0.2, 0.25) is 0 Å². The lowest BCUT2D eigenvalue weighted by atomic mass is 10.3. The highest BCUT2D eigenvalue weighted by Gasteiger charge is 2.21. The predicted octanol–water partition coefficient (Wildman–Crippen LogP) is 6.08. The highest BCUT2D eigenvalue weighted by molar-refractivity contribution is 9.11. The predicted molar refractivity (Wildman–Crippen MR) is 96.8 cm³/mol. The summed E-state index contributed by atoms with van der Waals surface area (Å²) in [5.74, 6) is 0. The van der Waals surface area contributed by atoms with Gasteiger partial charge in [-0.2, -0.15) is 0 Å². The van der Waals surface area contributed by atoms with Crippen molar-refractivity contribution in [2.45, 2.75) is 4.90 Å². The van der Waals surface area contributed by atoms with E-state index in [0.717, 1.165) is 4.47 Å². The zero-order valence-electron chi connectivity index (χ0n) is 10.0. The molecule has 0 aliphatic rings. The van der Waals surface area contributed by atoms with E-state index in [1.807, 2.05) is 0 Å². The van der Waals surface area contributed by atoms with Crippen molar-refractivity contribution in [2.24, 2.45) is 0 Å². The number of benzene rings is 2. The van der Waals surface area contributed by atoms with Gasteiger partial charge in [-0.25, -0.2) is 8.42 Å². The molecule has 0 aliphatic heterocycles. The van der Waals surface area contributed by atoms with E-state index in [9.17, 15) is 8.42 Å².